The van der Waals surface area contributed by atoms with E-state index < -0.39 is 11.8 Å². The van der Waals surface area contributed by atoms with Gasteiger partial charge in [0.2, 0.25) is 0 Å². The Morgan fingerprint density at radius 3 is 2.36 bits per heavy atom. The average molecular weight is 480 g/mol. The molecule has 2 N–H and O–H groups in total. The highest BCUT2D eigenvalue weighted by Crippen LogP contribution is 2.32. The fraction of sp³-hybridized carbons (Fsp3) is 0.0800. The van der Waals surface area contributed by atoms with Crippen LogP contribution >= 0.6 is 23.2 Å². The lowest BCUT2D eigenvalue weighted by atomic mass is 10.1. The maximum atomic E-state index is 13.0. The van der Waals surface area contributed by atoms with Crippen LogP contribution in [0.1, 0.15) is 21.5 Å². The van der Waals surface area contributed by atoms with Gasteiger partial charge in [0, 0.05) is 22.0 Å². The van der Waals surface area contributed by atoms with Crippen LogP contribution < -0.4 is 15.5 Å². The summed E-state index contributed by atoms with van der Waals surface area (Å²) < 4.78 is 0. The number of benzene rings is 3. The van der Waals surface area contributed by atoms with Gasteiger partial charge in [0.1, 0.15) is 10.7 Å². The van der Waals surface area contributed by atoms with Gasteiger partial charge in [-0.05, 0) is 67.4 Å². The zero-order valence-electron chi connectivity index (χ0n) is 17.8. The number of nitrogens with one attached hydrogen (secondary N) is 2. The number of halogens is 2. The van der Waals surface area contributed by atoms with E-state index in [1.165, 1.54) is 6.07 Å². The van der Waals surface area contributed by atoms with Crippen molar-refractivity contribution in [2.45, 2.75) is 13.8 Å². The van der Waals surface area contributed by atoms with Gasteiger partial charge in [0.05, 0.1) is 5.69 Å². The predicted molar refractivity (Wildman–Crippen MR) is 131 cm³/mol. The van der Waals surface area contributed by atoms with Crippen molar-refractivity contribution in [2.75, 3.05) is 15.5 Å². The molecule has 166 valence electrons. The summed E-state index contributed by atoms with van der Waals surface area (Å²) in [6.45, 7) is 3.75. The summed E-state index contributed by atoms with van der Waals surface area (Å²) >= 11 is 12.2. The maximum absolute atomic E-state index is 13.0. The Hall–Kier alpha value is -3.61. The second-order valence-corrected chi connectivity index (χ2v) is 8.41. The first-order chi connectivity index (χ1) is 15.7. The molecule has 0 radical (unpaired) electrons. The van der Waals surface area contributed by atoms with E-state index in [0.29, 0.717) is 27.6 Å². The van der Waals surface area contributed by atoms with Gasteiger partial charge in [-0.3, -0.25) is 14.4 Å². The van der Waals surface area contributed by atoms with Crippen molar-refractivity contribution in [1.29, 1.82) is 0 Å². The smallest absolute Gasteiger partial charge is 0.283 e. The van der Waals surface area contributed by atoms with Crippen LogP contribution in [0.4, 0.5) is 17.1 Å². The first kappa shape index (κ1) is 22.6. The van der Waals surface area contributed by atoms with Gasteiger partial charge in [-0.25, -0.2) is 4.90 Å². The third-order valence-corrected chi connectivity index (χ3v) is 5.71. The Morgan fingerprint density at radius 2 is 1.64 bits per heavy atom. The van der Waals surface area contributed by atoms with Crippen molar-refractivity contribution in [3.05, 3.63) is 99.2 Å². The highest BCUT2D eigenvalue weighted by molar-refractivity contribution is 6.53. The Morgan fingerprint density at radius 1 is 0.879 bits per heavy atom. The number of hydrogen-bond acceptors (Lipinski definition) is 4. The standard InChI is InChI=1S/C25H19Cl2N3O3/c1-14-5-3-7-18(11-14)28-23(31)16-10-9-15(2)20(12-16)29-22-21(27)24(32)30(25(22)33)19-8-4-6-17(26)13-19/h3-13,29H,1-2H3,(H,28,31). The number of hydrogen-bond donors (Lipinski definition) is 2. The Bertz CT molecular complexity index is 1330. The van der Waals surface area contributed by atoms with Crippen molar-refractivity contribution in [1.82, 2.24) is 0 Å². The largest absolute Gasteiger partial charge is 0.349 e. The summed E-state index contributed by atoms with van der Waals surface area (Å²) in [5, 5.41) is 5.94. The molecule has 6 nitrogen and oxygen atoms in total. The average Bonchev–Trinajstić information content (AvgIpc) is 2.98. The molecule has 1 heterocycles. The third kappa shape index (κ3) is 4.62. The number of aryl methyl sites for hydroxylation is 2. The number of carbonyl (C=O) groups is 3. The molecule has 4 rings (SSSR count). The Balaban J connectivity index is 1.59. The van der Waals surface area contributed by atoms with Crippen molar-refractivity contribution in [3.63, 3.8) is 0 Å². The summed E-state index contributed by atoms with van der Waals surface area (Å²) in [5.74, 6) is -1.57. The first-order valence-electron chi connectivity index (χ1n) is 10.0. The summed E-state index contributed by atoms with van der Waals surface area (Å²) in [6, 6.07) is 18.9. The summed E-state index contributed by atoms with van der Waals surface area (Å²) in [5.41, 5.74) is 3.57. The van der Waals surface area contributed by atoms with Crippen LogP contribution in [0.2, 0.25) is 5.02 Å². The lowest BCUT2D eigenvalue weighted by Crippen LogP contribution is -2.32. The predicted octanol–water partition coefficient (Wildman–Crippen LogP) is 5.64. The first-order valence-corrected chi connectivity index (χ1v) is 10.8. The lowest BCUT2D eigenvalue weighted by Gasteiger charge is -2.16. The SMILES string of the molecule is Cc1cccc(NC(=O)c2ccc(C)c(NC3=C(Cl)C(=O)N(c4cccc(Cl)c4)C3=O)c2)c1. The third-order valence-electron chi connectivity index (χ3n) is 5.13. The van der Waals surface area contributed by atoms with Gasteiger partial charge in [0.15, 0.2) is 0 Å². The number of carbonyl (C=O) groups excluding carboxylic acids is 3. The Kier molecular flexibility index (Phi) is 6.22. The van der Waals surface area contributed by atoms with Crippen molar-refractivity contribution >= 4 is 58.0 Å². The number of imide groups is 1. The van der Waals surface area contributed by atoms with E-state index in [1.54, 1.807) is 42.5 Å². The quantitative estimate of drug-likeness (QED) is 0.463. The molecule has 0 saturated carbocycles. The van der Waals surface area contributed by atoms with E-state index in [1.807, 2.05) is 32.0 Å². The van der Waals surface area contributed by atoms with Crippen molar-refractivity contribution < 1.29 is 14.4 Å². The van der Waals surface area contributed by atoms with Crippen LogP contribution in [-0.4, -0.2) is 17.7 Å². The minimum Gasteiger partial charge on any atom is -0.349 e. The molecule has 0 atom stereocenters. The molecule has 1 aliphatic rings. The molecule has 3 amide bonds. The highest BCUT2D eigenvalue weighted by Gasteiger charge is 2.39. The van der Waals surface area contributed by atoms with Gasteiger partial charge >= 0.3 is 0 Å². The lowest BCUT2D eigenvalue weighted by molar-refractivity contribution is -0.120. The molecule has 0 fully saturated rings. The minimum atomic E-state index is -0.655. The van der Waals surface area contributed by atoms with Gasteiger partial charge in [-0.2, -0.15) is 0 Å². The Labute approximate surface area is 200 Å². The van der Waals surface area contributed by atoms with E-state index >= 15 is 0 Å². The second kappa shape index (κ2) is 9.10. The molecule has 0 aromatic heterocycles. The highest BCUT2D eigenvalue weighted by atomic mass is 35.5. The number of anilines is 3. The van der Waals surface area contributed by atoms with Crippen LogP contribution in [0.15, 0.2) is 77.5 Å². The molecule has 3 aromatic rings. The molecule has 0 saturated heterocycles. The monoisotopic (exact) mass is 479 g/mol. The summed E-state index contributed by atoms with van der Waals surface area (Å²) in [6.07, 6.45) is 0. The van der Waals surface area contributed by atoms with E-state index in [4.69, 9.17) is 23.2 Å². The molecular weight excluding hydrogens is 461 g/mol. The van der Waals surface area contributed by atoms with Crippen LogP contribution in [-0.2, 0) is 9.59 Å². The second-order valence-electron chi connectivity index (χ2n) is 7.59. The number of nitrogens with zero attached hydrogens (tertiary/aromatic N) is 1. The van der Waals surface area contributed by atoms with Gasteiger partial charge in [0.25, 0.3) is 17.7 Å². The zero-order chi connectivity index (χ0) is 23.7. The summed E-state index contributed by atoms with van der Waals surface area (Å²) in [7, 11) is 0. The van der Waals surface area contributed by atoms with Gasteiger partial charge in [-0.15, -0.1) is 0 Å². The fourth-order valence-corrected chi connectivity index (χ4v) is 3.82. The molecule has 0 unspecified atom stereocenters. The molecule has 0 aliphatic carbocycles. The van der Waals surface area contributed by atoms with Crippen LogP contribution in [0.25, 0.3) is 0 Å². The molecule has 0 spiro atoms. The van der Waals surface area contributed by atoms with E-state index in [0.717, 1.165) is 16.0 Å². The van der Waals surface area contributed by atoms with Crippen LogP contribution in [0, 0.1) is 13.8 Å². The topological polar surface area (TPSA) is 78.5 Å². The maximum Gasteiger partial charge on any atom is 0.283 e. The van der Waals surface area contributed by atoms with Crippen LogP contribution in [0.3, 0.4) is 0 Å². The van der Waals surface area contributed by atoms with Crippen molar-refractivity contribution in [2.24, 2.45) is 0 Å². The fourth-order valence-electron chi connectivity index (χ4n) is 3.42. The molecular formula is C25H19Cl2N3O3. The van der Waals surface area contributed by atoms with E-state index in [2.05, 4.69) is 10.6 Å². The van der Waals surface area contributed by atoms with Gasteiger partial charge in [-0.1, -0.05) is 47.5 Å². The normalized spacial score (nSPS) is 13.5. The molecule has 0 bridgehead atoms. The summed E-state index contributed by atoms with van der Waals surface area (Å²) in [4.78, 5) is 39.4. The van der Waals surface area contributed by atoms with Crippen LogP contribution in [0.5, 0.6) is 0 Å². The van der Waals surface area contributed by atoms with E-state index in [9.17, 15) is 14.4 Å². The molecule has 33 heavy (non-hydrogen) atoms. The van der Waals surface area contributed by atoms with Crippen molar-refractivity contribution in [3.8, 4) is 0 Å². The minimum absolute atomic E-state index is 0.0685. The van der Waals surface area contributed by atoms with Gasteiger partial charge < -0.3 is 10.6 Å². The number of amides is 3. The molecule has 8 heteroatoms. The molecule has 3 aromatic carbocycles. The zero-order valence-corrected chi connectivity index (χ0v) is 19.3. The van der Waals surface area contributed by atoms with E-state index in [-0.39, 0.29) is 16.6 Å². The number of rotatable bonds is 5. The molecule has 1 aliphatic heterocycles.